The lowest BCUT2D eigenvalue weighted by atomic mass is 10.2. The number of carbonyl (C=O) groups excluding carboxylic acids is 1. The van der Waals surface area contributed by atoms with Crippen LogP contribution in [0.25, 0.3) is 0 Å². The first kappa shape index (κ1) is 17.0. The number of aryl methyl sites for hydroxylation is 1. The van der Waals surface area contributed by atoms with E-state index >= 15 is 0 Å². The molecule has 0 saturated heterocycles. The third kappa shape index (κ3) is 5.10. The van der Waals surface area contributed by atoms with Crippen molar-refractivity contribution in [2.75, 3.05) is 10.6 Å². The minimum absolute atomic E-state index is 0.149. The number of amides is 1. The van der Waals surface area contributed by atoms with Crippen LogP contribution < -0.4 is 10.6 Å². The van der Waals surface area contributed by atoms with Gasteiger partial charge in [-0.15, -0.1) is 0 Å². The Kier molecular flexibility index (Phi) is 5.05. The largest absolute Gasteiger partial charge is 0.444 e. The summed E-state index contributed by atoms with van der Waals surface area (Å²) in [7, 11) is 0. The second kappa shape index (κ2) is 6.83. The number of anilines is 3. The number of carbonyl (C=O) groups is 1. The third-order valence-corrected chi connectivity index (χ3v) is 2.94. The maximum Gasteiger partial charge on any atom is 0.412 e. The average molecular weight is 335 g/mol. The van der Waals surface area contributed by atoms with Gasteiger partial charge in [-0.25, -0.2) is 14.8 Å². The molecule has 23 heavy (non-hydrogen) atoms. The number of nitrogens with zero attached hydrogens (tertiary/aromatic N) is 2. The predicted molar refractivity (Wildman–Crippen MR) is 91.4 cm³/mol. The van der Waals surface area contributed by atoms with Crippen LogP contribution in [0.3, 0.4) is 0 Å². The molecule has 0 unspecified atom stereocenters. The maximum absolute atomic E-state index is 11.9. The van der Waals surface area contributed by atoms with E-state index < -0.39 is 11.7 Å². The lowest BCUT2D eigenvalue weighted by Crippen LogP contribution is -2.27. The fraction of sp³-hybridized carbons (Fsp3) is 0.312. The molecule has 0 spiro atoms. The lowest BCUT2D eigenvalue weighted by molar-refractivity contribution is 0.0636. The number of ether oxygens (including phenoxy) is 1. The summed E-state index contributed by atoms with van der Waals surface area (Å²) < 4.78 is 5.27. The van der Waals surface area contributed by atoms with Crippen molar-refractivity contribution in [1.82, 2.24) is 9.97 Å². The molecular weight excluding hydrogens is 316 g/mol. The van der Waals surface area contributed by atoms with Crippen LogP contribution in [-0.2, 0) is 4.74 Å². The number of hydrogen-bond donors (Lipinski definition) is 2. The van der Waals surface area contributed by atoms with E-state index in [0.29, 0.717) is 17.2 Å². The number of aromatic nitrogens is 2. The molecule has 0 aliphatic heterocycles. The summed E-state index contributed by atoms with van der Waals surface area (Å²) in [4.78, 5) is 20.0. The Labute approximate surface area is 140 Å². The lowest BCUT2D eigenvalue weighted by Gasteiger charge is -2.20. The van der Waals surface area contributed by atoms with Gasteiger partial charge in [-0.3, -0.25) is 5.32 Å². The highest BCUT2D eigenvalue weighted by molar-refractivity contribution is 6.28. The molecule has 0 aliphatic carbocycles. The van der Waals surface area contributed by atoms with Crippen LogP contribution >= 0.6 is 11.6 Å². The number of rotatable bonds is 3. The van der Waals surface area contributed by atoms with Crippen molar-refractivity contribution in [3.05, 3.63) is 41.3 Å². The molecular formula is C16H19ClN4O2. The zero-order valence-corrected chi connectivity index (χ0v) is 14.2. The standard InChI is InChI=1S/C16H19ClN4O2/c1-10-9-18-14(17)21-13(10)19-11-7-5-6-8-12(11)20-15(22)23-16(2,3)4/h5-9H,1-4H3,(H,20,22)(H,18,19,21). The molecule has 2 rings (SSSR count). The minimum atomic E-state index is -0.566. The summed E-state index contributed by atoms with van der Waals surface area (Å²) in [5.41, 5.74) is 1.53. The van der Waals surface area contributed by atoms with Crippen molar-refractivity contribution in [1.29, 1.82) is 0 Å². The first-order valence-electron chi connectivity index (χ1n) is 7.10. The van der Waals surface area contributed by atoms with Gasteiger partial charge in [0, 0.05) is 11.8 Å². The van der Waals surface area contributed by atoms with Crippen molar-refractivity contribution in [3.8, 4) is 0 Å². The van der Waals surface area contributed by atoms with Crippen molar-refractivity contribution < 1.29 is 9.53 Å². The van der Waals surface area contributed by atoms with E-state index in [-0.39, 0.29) is 5.28 Å². The molecule has 2 N–H and O–H groups in total. The van der Waals surface area contributed by atoms with Crippen molar-refractivity contribution >= 4 is 34.9 Å². The molecule has 7 heteroatoms. The van der Waals surface area contributed by atoms with Crippen molar-refractivity contribution in [3.63, 3.8) is 0 Å². The average Bonchev–Trinajstić information content (AvgIpc) is 2.43. The molecule has 0 aliphatic rings. The molecule has 0 atom stereocenters. The Hall–Kier alpha value is -2.34. The summed E-state index contributed by atoms with van der Waals surface area (Å²) >= 11 is 5.83. The smallest absolute Gasteiger partial charge is 0.412 e. The first-order chi connectivity index (χ1) is 10.7. The molecule has 0 fully saturated rings. The monoisotopic (exact) mass is 334 g/mol. The van der Waals surface area contributed by atoms with Gasteiger partial charge in [-0.1, -0.05) is 12.1 Å². The predicted octanol–water partition coefficient (Wildman–Crippen LogP) is 4.53. The van der Waals surface area contributed by atoms with E-state index in [9.17, 15) is 4.79 Å². The van der Waals surface area contributed by atoms with E-state index in [1.165, 1.54) is 0 Å². The van der Waals surface area contributed by atoms with Gasteiger partial charge in [0.15, 0.2) is 0 Å². The summed E-state index contributed by atoms with van der Waals surface area (Å²) in [5.74, 6) is 0.573. The van der Waals surface area contributed by atoms with Crippen LogP contribution in [0.4, 0.5) is 22.0 Å². The van der Waals surface area contributed by atoms with E-state index in [2.05, 4.69) is 20.6 Å². The van der Waals surface area contributed by atoms with Crippen LogP contribution in [0.5, 0.6) is 0 Å². The molecule has 0 radical (unpaired) electrons. The number of para-hydroxylation sites is 2. The SMILES string of the molecule is Cc1cnc(Cl)nc1Nc1ccccc1NC(=O)OC(C)(C)C. The van der Waals surface area contributed by atoms with Crippen molar-refractivity contribution in [2.24, 2.45) is 0 Å². The minimum Gasteiger partial charge on any atom is -0.444 e. The molecule has 1 aromatic carbocycles. The molecule has 1 amide bonds. The highest BCUT2D eigenvalue weighted by Crippen LogP contribution is 2.26. The Bertz CT molecular complexity index is 713. The Morgan fingerprint density at radius 3 is 2.52 bits per heavy atom. The van der Waals surface area contributed by atoms with Crippen LogP contribution in [0.15, 0.2) is 30.5 Å². The number of benzene rings is 1. The zero-order valence-electron chi connectivity index (χ0n) is 13.5. The fourth-order valence-electron chi connectivity index (χ4n) is 1.79. The highest BCUT2D eigenvalue weighted by atomic mass is 35.5. The Morgan fingerprint density at radius 1 is 1.22 bits per heavy atom. The first-order valence-corrected chi connectivity index (χ1v) is 7.47. The molecule has 122 valence electrons. The summed E-state index contributed by atoms with van der Waals surface area (Å²) in [6.07, 6.45) is 1.10. The van der Waals surface area contributed by atoms with Gasteiger partial charge in [0.25, 0.3) is 0 Å². The molecule has 0 saturated carbocycles. The van der Waals surface area contributed by atoms with Crippen LogP contribution in [0.1, 0.15) is 26.3 Å². The Balaban J connectivity index is 2.21. The second-order valence-electron chi connectivity index (χ2n) is 5.97. The molecule has 0 bridgehead atoms. The summed E-state index contributed by atoms with van der Waals surface area (Å²) in [5, 5.41) is 6.01. The van der Waals surface area contributed by atoms with Crippen LogP contribution in [-0.4, -0.2) is 21.7 Å². The van der Waals surface area contributed by atoms with Gasteiger partial charge in [0.1, 0.15) is 11.4 Å². The van der Waals surface area contributed by atoms with Gasteiger partial charge in [-0.05, 0) is 51.4 Å². The van der Waals surface area contributed by atoms with Gasteiger partial charge in [0.2, 0.25) is 5.28 Å². The second-order valence-corrected chi connectivity index (χ2v) is 6.31. The number of nitrogens with one attached hydrogen (secondary N) is 2. The van der Waals surface area contributed by atoms with Gasteiger partial charge in [-0.2, -0.15) is 0 Å². The van der Waals surface area contributed by atoms with E-state index in [0.717, 1.165) is 5.56 Å². The van der Waals surface area contributed by atoms with E-state index in [1.54, 1.807) is 12.3 Å². The summed E-state index contributed by atoms with van der Waals surface area (Å²) in [6, 6.07) is 7.25. The van der Waals surface area contributed by atoms with Gasteiger partial charge in [0.05, 0.1) is 11.4 Å². The molecule has 1 aromatic heterocycles. The van der Waals surface area contributed by atoms with E-state index in [1.807, 2.05) is 45.9 Å². The fourth-order valence-corrected chi connectivity index (χ4v) is 1.92. The van der Waals surface area contributed by atoms with Crippen LogP contribution in [0, 0.1) is 6.92 Å². The van der Waals surface area contributed by atoms with E-state index in [4.69, 9.17) is 16.3 Å². The topological polar surface area (TPSA) is 76.1 Å². The van der Waals surface area contributed by atoms with Gasteiger partial charge >= 0.3 is 6.09 Å². The molecule has 1 heterocycles. The molecule has 2 aromatic rings. The molecule has 6 nitrogen and oxygen atoms in total. The van der Waals surface area contributed by atoms with Crippen molar-refractivity contribution in [2.45, 2.75) is 33.3 Å². The highest BCUT2D eigenvalue weighted by Gasteiger charge is 2.17. The normalized spacial score (nSPS) is 11.0. The zero-order chi connectivity index (χ0) is 17.0. The van der Waals surface area contributed by atoms with Crippen LogP contribution in [0.2, 0.25) is 5.28 Å². The quantitative estimate of drug-likeness (QED) is 0.806. The maximum atomic E-state index is 11.9. The van der Waals surface area contributed by atoms with Gasteiger partial charge < -0.3 is 10.1 Å². The summed E-state index contributed by atoms with van der Waals surface area (Å²) in [6.45, 7) is 7.29. The third-order valence-electron chi connectivity index (χ3n) is 2.76. The number of hydrogen-bond acceptors (Lipinski definition) is 5. The Morgan fingerprint density at radius 2 is 1.87 bits per heavy atom. The number of halogens is 1.